The second kappa shape index (κ2) is 6.78. The molecule has 17 heavy (non-hydrogen) atoms. The van der Waals surface area contributed by atoms with E-state index in [1.165, 1.54) is 0 Å². The molecule has 0 radical (unpaired) electrons. The molecule has 94 valence electrons. The summed E-state index contributed by atoms with van der Waals surface area (Å²) in [5.41, 5.74) is 1.11. The highest BCUT2D eigenvalue weighted by Crippen LogP contribution is 2.28. The van der Waals surface area contributed by atoms with Crippen LogP contribution in [0.4, 0.5) is 0 Å². The van der Waals surface area contributed by atoms with Gasteiger partial charge in [0.15, 0.2) is 11.5 Å². The largest absolute Gasteiger partial charge is 0.493 e. The molecule has 1 amide bonds. The lowest BCUT2D eigenvalue weighted by Crippen LogP contribution is -2.29. The van der Waals surface area contributed by atoms with E-state index in [2.05, 4.69) is 5.32 Å². The van der Waals surface area contributed by atoms with Crippen molar-refractivity contribution in [2.24, 2.45) is 0 Å². The van der Waals surface area contributed by atoms with Crippen molar-refractivity contribution in [1.82, 2.24) is 5.32 Å². The van der Waals surface area contributed by atoms with Gasteiger partial charge in [0, 0.05) is 6.04 Å². The van der Waals surface area contributed by atoms with Crippen LogP contribution in [0, 0.1) is 0 Å². The summed E-state index contributed by atoms with van der Waals surface area (Å²) in [6.07, 6.45) is 2.43. The first-order valence-corrected chi connectivity index (χ1v) is 5.65. The summed E-state index contributed by atoms with van der Waals surface area (Å²) in [7, 11) is 3.23. The first-order valence-electron chi connectivity index (χ1n) is 5.65. The van der Waals surface area contributed by atoms with Crippen molar-refractivity contribution in [1.29, 1.82) is 0 Å². The van der Waals surface area contributed by atoms with Gasteiger partial charge in [-0.05, 0) is 30.5 Å². The fourth-order valence-electron chi connectivity index (χ4n) is 1.71. The van der Waals surface area contributed by atoms with E-state index in [-0.39, 0.29) is 6.04 Å². The molecule has 0 bridgehead atoms. The number of hydrogen-bond acceptors (Lipinski definition) is 3. The average Bonchev–Trinajstić information content (AvgIpc) is 2.38. The number of hydrogen-bond donors (Lipinski definition) is 1. The van der Waals surface area contributed by atoms with E-state index in [1.54, 1.807) is 14.2 Å². The summed E-state index contributed by atoms with van der Waals surface area (Å²) >= 11 is 0. The first-order chi connectivity index (χ1) is 8.24. The Morgan fingerprint density at radius 3 is 2.53 bits per heavy atom. The maximum absolute atomic E-state index is 10.4. The number of ether oxygens (including phenoxy) is 2. The molecule has 4 heteroatoms. The van der Waals surface area contributed by atoms with E-state index < -0.39 is 0 Å². The molecule has 0 saturated carbocycles. The molecule has 0 aromatic heterocycles. The van der Waals surface area contributed by atoms with Gasteiger partial charge in [-0.25, -0.2) is 0 Å². The predicted molar refractivity (Wildman–Crippen MR) is 66.5 cm³/mol. The lowest BCUT2D eigenvalue weighted by Gasteiger charge is -2.15. The lowest BCUT2D eigenvalue weighted by molar-refractivity contribution is -0.110. The van der Waals surface area contributed by atoms with E-state index in [1.807, 2.05) is 25.1 Å². The fourth-order valence-corrected chi connectivity index (χ4v) is 1.71. The van der Waals surface area contributed by atoms with Gasteiger partial charge in [0.2, 0.25) is 6.41 Å². The summed E-state index contributed by atoms with van der Waals surface area (Å²) in [5, 5.41) is 2.79. The first kappa shape index (κ1) is 13.4. The van der Waals surface area contributed by atoms with Gasteiger partial charge in [-0.1, -0.05) is 13.0 Å². The maximum Gasteiger partial charge on any atom is 0.207 e. The van der Waals surface area contributed by atoms with Crippen molar-refractivity contribution in [3.63, 3.8) is 0 Å². The van der Waals surface area contributed by atoms with Crippen LogP contribution in [0.5, 0.6) is 11.5 Å². The summed E-state index contributed by atoms with van der Waals surface area (Å²) < 4.78 is 10.4. The van der Waals surface area contributed by atoms with Crippen molar-refractivity contribution in [3.05, 3.63) is 23.8 Å². The van der Waals surface area contributed by atoms with Gasteiger partial charge in [0.1, 0.15) is 0 Å². The summed E-state index contributed by atoms with van der Waals surface area (Å²) in [6.45, 7) is 2.04. The molecule has 0 fully saturated rings. The molecule has 1 rings (SSSR count). The van der Waals surface area contributed by atoms with Crippen molar-refractivity contribution in [2.45, 2.75) is 25.8 Å². The molecule has 1 atom stereocenters. The van der Waals surface area contributed by atoms with Gasteiger partial charge in [0.25, 0.3) is 0 Å². The Morgan fingerprint density at radius 1 is 1.29 bits per heavy atom. The van der Waals surface area contributed by atoms with Crippen LogP contribution in [-0.2, 0) is 11.2 Å². The molecule has 4 nitrogen and oxygen atoms in total. The SMILES string of the molecule is CC[C@H](Cc1ccc(OC)c(OC)c1)NC=O. The Balaban J connectivity index is 2.80. The average molecular weight is 237 g/mol. The maximum atomic E-state index is 10.4. The third kappa shape index (κ3) is 3.66. The van der Waals surface area contributed by atoms with Crippen molar-refractivity contribution >= 4 is 6.41 Å². The Hall–Kier alpha value is -1.71. The molecule has 0 aliphatic rings. The summed E-state index contributed by atoms with van der Waals surface area (Å²) in [4.78, 5) is 10.4. The molecule has 0 spiro atoms. The van der Waals surface area contributed by atoms with Crippen LogP contribution in [0.1, 0.15) is 18.9 Å². The third-order valence-electron chi connectivity index (χ3n) is 2.73. The Kier molecular flexibility index (Phi) is 5.33. The fraction of sp³-hybridized carbons (Fsp3) is 0.462. The second-order valence-electron chi connectivity index (χ2n) is 3.78. The highest BCUT2D eigenvalue weighted by Gasteiger charge is 2.09. The highest BCUT2D eigenvalue weighted by molar-refractivity contribution is 5.47. The number of rotatable bonds is 7. The van der Waals surface area contributed by atoms with Crippen molar-refractivity contribution in [3.8, 4) is 11.5 Å². The van der Waals surface area contributed by atoms with Gasteiger partial charge >= 0.3 is 0 Å². The number of nitrogens with one attached hydrogen (secondary N) is 1. The summed E-state index contributed by atoms with van der Waals surface area (Å²) in [5.74, 6) is 1.43. The van der Waals surface area contributed by atoms with E-state index in [0.717, 1.165) is 24.8 Å². The highest BCUT2D eigenvalue weighted by atomic mass is 16.5. The molecule has 0 aliphatic heterocycles. The van der Waals surface area contributed by atoms with E-state index >= 15 is 0 Å². The van der Waals surface area contributed by atoms with Crippen molar-refractivity contribution in [2.75, 3.05) is 14.2 Å². The van der Waals surface area contributed by atoms with Crippen molar-refractivity contribution < 1.29 is 14.3 Å². The number of carbonyl (C=O) groups is 1. The van der Waals surface area contributed by atoms with E-state index in [0.29, 0.717) is 11.5 Å². The number of benzene rings is 1. The zero-order valence-electron chi connectivity index (χ0n) is 10.5. The second-order valence-corrected chi connectivity index (χ2v) is 3.78. The smallest absolute Gasteiger partial charge is 0.207 e. The monoisotopic (exact) mass is 237 g/mol. The lowest BCUT2D eigenvalue weighted by atomic mass is 10.0. The minimum Gasteiger partial charge on any atom is -0.493 e. The molecular formula is C13H19NO3. The van der Waals surface area contributed by atoms with E-state index in [4.69, 9.17) is 9.47 Å². The van der Waals surface area contributed by atoms with Gasteiger partial charge < -0.3 is 14.8 Å². The van der Waals surface area contributed by atoms with Gasteiger partial charge in [-0.15, -0.1) is 0 Å². The van der Waals surface area contributed by atoms with Crippen LogP contribution in [0.3, 0.4) is 0 Å². The van der Waals surface area contributed by atoms with Crippen LogP contribution in [0.15, 0.2) is 18.2 Å². The van der Waals surface area contributed by atoms with Crippen LogP contribution < -0.4 is 14.8 Å². The number of amides is 1. The third-order valence-corrected chi connectivity index (χ3v) is 2.73. The molecule has 1 aromatic rings. The molecule has 1 aromatic carbocycles. The van der Waals surface area contributed by atoms with Crippen LogP contribution in [0.2, 0.25) is 0 Å². The number of methoxy groups -OCH3 is 2. The topological polar surface area (TPSA) is 47.6 Å². The van der Waals surface area contributed by atoms with Gasteiger partial charge in [-0.3, -0.25) is 4.79 Å². The van der Waals surface area contributed by atoms with Crippen LogP contribution in [-0.4, -0.2) is 26.7 Å². The zero-order chi connectivity index (χ0) is 12.7. The Labute approximate surface area is 102 Å². The molecule has 1 N–H and O–H groups in total. The molecule has 0 unspecified atom stereocenters. The van der Waals surface area contributed by atoms with E-state index in [9.17, 15) is 4.79 Å². The Morgan fingerprint density at radius 2 is 2.00 bits per heavy atom. The minimum absolute atomic E-state index is 0.158. The Bertz CT molecular complexity index is 366. The van der Waals surface area contributed by atoms with Gasteiger partial charge in [0.05, 0.1) is 14.2 Å². The van der Waals surface area contributed by atoms with Crippen LogP contribution >= 0.6 is 0 Å². The summed E-state index contributed by atoms with van der Waals surface area (Å²) in [6, 6.07) is 5.96. The molecule has 0 aliphatic carbocycles. The van der Waals surface area contributed by atoms with Gasteiger partial charge in [-0.2, -0.15) is 0 Å². The molecule has 0 heterocycles. The molecule has 0 saturated heterocycles. The molecular weight excluding hydrogens is 218 g/mol. The zero-order valence-corrected chi connectivity index (χ0v) is 10.5. The standard InChI is InChI=1S/C13H19NO3/c1-4-11(14-9-15)7-10-5-6-12(16-2)13(8-10)17-3/h5-6,8-9,11H,4,7H2,1-3H3,(H,14,15)/t11-/m1/s1. The quantitative estimate of drug-likeness (QED) is 0.735. The minimum atomic E-state index is 0.158. The predicted octanol–water partition coefficient (Wildman–Crippen LogP) is 1.77. The van der Waals surface area contributed by atoms with Crippen LogP contribution in [0.25, 0.3) is 0 Å². The number of carbonyl (C=O) groups excluding carboxylic acids is 1. The normalized spacial score (nSPS) is 11.7.